The van der Waals surface area contributed by atoms with Gasteiger partial charge in [-0.2, -0.15) is 0 Å². The van der Waals surface area contributed by atoms with Crippen LogP contribution in [-0.2, 0) is 9.53 Å². The zero-order chi connectivity index (χ0) is 13.0. The number of hydrogen-bond donors (Lipinski definition) is 2. The van der Waals surface area contributed by atoms with Crippen molar-refractivity contribution >= 4 is 29.2 Å². The Bertz CT molecular complexity index is 446. The van der Waals surface area contributed by atoms with E-state index in [1.54, 1.807) is 13.0 Å². The Labute approximate surface area is 104 Å². The molecule has 0 saturated carbocycles. The van der Waals surface area contributed by atoms with Crippen molar-refractivity contribution in [2.24, 2.45) is 5.73 Å². The lowest BCUT2D eigenvalue weighted by atomic mass is 10.1. The highest BCUT2D eigenvalue weighted by Gasteiger charge is 2.16. The standard InChI is InChI=1S/C11H13ClN2O3/c1-6(13)10(15)14-9-4-3-7(12)5-8(9)11(16)17-2/h3-6H,13H2,1-2H3,(H,14,15). The van der Waals surface area contributed by atoms with Crippen LogP contribution in [0.4, 0.5) is 5.69 Å². The quantitative estimate of drug-likeness (QED) is 0.802. The molecule has 5 nitrogen and oxygen atoms in total. The minimum absolute atomic E-state index is 0.189. The molecule has 0 heterocycles. The molecule has 0 aromatic heterocycles. The summed E-state index contributed by atoms with van der Waals surface area (Å²) in [6, 6.07) is 3.83. The summed E-state index contributed by atoms with van der Waals surface area (Å²) in [4.78, 5) is 22.9. The lowest BCUT2D eigenvalue weighted by Gasteiger charge is -2.11. The summed E-state index contributed by atoms with van der Waals surface area (Å²) >= 11 is 5.77. The molecule has 0 spiro atoms. The molecule has 0 aliphatic heterocycles. The lowest BCUT2D eigenvalue weighted by molar-refractivity contribution is -0.117. The number of benzene rings is 1. The number of halogens is 1. The SMILES string of the molecule is COC(=O)c1cc(Cl)ccc1NC(=O)C(C)N. The van der Waals surface area contributed by atoms with E-state index in [0.29, 0.717) is 10.7 Å². The van der Waals surface area contributed by atoms with E-state index in [-0.39, 0.29) is 5.56 Å². The van der Waals surface area contributed by atoms with Crippen molar-refractivity contribution in [2.75, 3.05) is 12.4 Å². The number of hydrogen-bond acceptors (Lipinski definition) is 4. The number of ether oxygens (including phenoxy) is 1. The fourth-order valence-electron chi connectivity index (χ4n) is 1.15. The molecule has 1 amide bonds. The van der Waals surface area contributed by atoms with Crippen molar-refractivity contribution in [3.05, 3.63) is 28.8 Å². The lowest BCUT2D eigenvalue weighted by Crippen LogP contribution is -2.33. The Hall–Kier alpha value is -1.59. The number of amides is 1. The van der Waals surface area contributed by atoms with Crippen molar-refractivity contribution < 1.29 is 14.3 Å². The van der Waals surface area contributed by atoms with Crippen LogP contribution in [0.1, 0.15) is 17.3 Å². The van der Waals surface area contributed by atoms with Gasteiger partial charge in [0.25, 0.3) is 0 Å². The highest BCUT2D eigenvalue weighted by Crippen LogP contribution is 2.21. The maximum Gasteiger partial charge on any atom is 0.340 e. The molecule has 1 aromatic rings. The minimum Gasteiger partial charge on any atom is -0.465 e. The van der Waals surface area contributed by atoms with Gasteiger partial charge in [-0.25, -0.2) is 4.79 Å². The smallest absolute Gasteiger partial charge is 0.340 e. The van der Waals surface area contributed by atoms with Crippen LogP contribution in [0.3, 0.4) is 0 Å². The van der Waals surface area contributed by atoms with Crippen LogP contribution in [0, 0.1) is 0 Å². The third kappa shape index (κ3) is 3.44. The maximum absolute atomic E-state index is 11.5. The summed E-state index contributed by atoms with van der Waals surface area (Å²) in [6.45, 7) is 1.54. The first kappa shape index (κ1) is 13.5. The molecule has 6 heteroatoms. The summed E-state index contributed by atoms with van der Waals surface area (Å²) in [6.07, 6.45) is 0. The Morgan fingerprint density at radius 1 is 1.47 bits per heavy atom. The van der Waals surface area contributed by atoms with Gasteiger partial charge in [-0.15, -0.1) is 0 Å². The molecule has 1 rings (SSSR count). The van der Waals surface area contributed by atoms with Crippen LogP contribution in [-0.4, -0.2) is 25.0 Å². The van der Waals surface area contributed by atoms with Gasteiger partial charge in [-0.1, -0.05) is 11.6 Å². The highest BCUT2D eigenvalue weighted by atomic mass is 35.5. The number of nitrogens with two attached hydrogens (primary N) is 1. The van der Waals surface area contributed by atoms with Gasteiger partial charge in [-0.3, -0.25) is 4.79 Å². The molecular weight excluding hydrogens is 244 g/mol. The van der Waals surface area contributed by atoms with Crippen LogP contribution < -0.4 is 11.1 Å². The van der Waals surface area contributed by atoms with E-state index in [0.717, 1.165) is 0 Å². The second-order valence-corrected chi connectivity index (χ2v) is 3.90. The van der Waals surface area contributed by atoms with Crippen molar-refractivity contribution in [3.8, 4) is 0 Å². The third-order valence-corrected chi connectivity index (χ3v) is 2.29. The van der Waals surface area contributed by atoms with Gasteiger partial charge in [0.1, 0.15) is 0 Å². The molecular formula is C11H13ClN2O3. The van der Waals surface area contributed by atoms with E-state index in [1.807, 2.05) is 0 Å². The van der Waals surface area contributed by atoms with Gasteiger partial charge in [0.05, 0.1) is 24.4 Å². The molecule has 92 valence electrons. The number of carbonyl (C=O) groups excluding carboxylic acids is 2. The molecule has 0 saturated heterocycles. The van der Waals surface area contributed by atoms with Crippen molar-refractivity contribution in [1.82, 2.24) is 0 Å². The van der Waals surface area contributed by atoms with Crippen molar-refractivity contribution in [2.45, 2.75) is 13.0 Å². The predicted octanol–water partition coefficient (Wildman–Crippen LogP) is 1.41. The molecule has 17 heavy (non-hydrogen) atoms. The summed E-state index contributed by atoms with van der Waals surface area (Å²) in [5, 5.41) is 2.91. The Morgan fingerprint density at radius 3 is 2.65 bits per heavy atom. The summed E-state index contributed by atoms with van der Waals surface area (Å²) in [5.74, 6) is -0.968. The topological polar surface area (TPSA) is 81.4 Å². The van der Waals surface area contributed by atoms with E-state index in [4.69, 9.17) is 17.3 Å². The zero-order valence-corrected chi connectivity index (χ0v) is 10.2. The van der Waals surface area contributed by atoms with E-state index in [1.165, 1.54) is 19.2 Å². The van der Waals surface area contributed by atoms with Crippen LogP contribution in [0.2, 0.25) is 5.02 Å². The van der Waals surface area contributed by atoms with Crippen molar-refractivity contribution in [1.29, 1.82) is 0 Å². The average molecular weight is 257 g/mol. The predicted molar refractivity (Wildman–Crippen MR) is 65.1 cm³/mol. The molecule has 0 aliphatic carbocycles. The Morgan fingerprint density at radius 2 is 2.12 bits per heavy atom. The Kier molecular flexibility index (Phi) is 4.48. The average Bonchev–Trinajstić information content (AvgIpc) is 2.30. The second-order valence-electron chi connectivity index (χ2n) is 3.46. The normalized spacial score (nSPS) is 11.8. The molecule has 1 aromatic carbocycles. The van der Waals surface area contributed by atoms with Gasteiger partial charge < -0.3 is 15.8 Å². The largest absolute Gasteiger partial charge is 0.465 e. The molecule has 1 atom stereocenters. The maximum atomic E-state index is 11.5. The molecule has 0 bridgehead atoms. The van der Waals surface area contributed by atoms with Crippen LogP contribution in [0.25, 0.3) is 0 Å². The fraction of sp³-hybridized carbons (Fsp3) is 0.273. The minimum atomic E-state index is -0.670. The number of nitrogens with one attached hydrogen (secondary N) is 1. The van der Waals surface area contributed by atoms with Gasteiger partial charge in [0, 0.05) is 5.02 Å². The van der Waals surface area contributed by atoms with Crippen LogP contribution in [0.15, 0.2) is 18.2 Å². The van der Waals surface area contributed by atoms with Gasteiger partial charge >= 0.3 is 5.97 Å². The van der Waals surface area contributed by atoms with E-state index in [9.17, 15) is 9.59 Å². The number of methoxy groups -OCH3 is 1. The van der Waals surface area contributed by atoms with Gasteiger partial charge in [0.2, 0.25) is 5.91 Å². The first-order valence-electron chi connectivity index (χ1n) is 4.90. The molecule has 1 unspecified atom stereocenters. The highest BCUT2D eigenvalue weighted by molar-refractivity contribution is 6.31. The number of carbonyl (C=O) groups is 2. The fourth-order valence-corrected chi connectivity index (χ4v) is 1.32. The van der Waals surface area contributed by atoms with Crippen molar-refractivity contribution in [3.63, 3.8) is 0 Å². The van der Waals surface area contributed by atoms with E-state index in [2.05, 4.69) is 10.1 Å². The third-order valence-electron chi connectivity index (χ3n) is 2.06. The molecule has 3 N–H and O–H groups in total. The van der Waals surface area contributed by atoms with Crippen LogP contribution in [0.5, 0.6) is 0 Å². The summed E-state index contributed by atoms with van der Waals surface area (Å²) in [7, 11) is 1.25. The number of anilines is 1. The molecule has 0 fully saturated rings. The van der Waals surface area contributed by atoms with E-state index >= 15 is 0 Å². The molecule has 0 radical (unpaired) electrons. The van der Waals surface area contributed by atoms with E-state index < -0.39 is 17.9 Å². The van der Waals surface area contributed by atoms with Gasteiger partial charge in [0.15, 0.2) is 0 Å². The molecule has 0 aliphatic rings. The first-order valence-corrected chi connectivity index (χ1v) is 5.27. The van der Waals surface area contributed by atoms with Crippen LogP contribution >= 0.6 is 11.6 Å². The Balaban J connectivity index is 3.06. The van der Waals surface area contributed by atoms with Gasteiger partial charge in [-0.05, 0) is 25.1 Å². The number of rotatable bonds is 3. The first-order chi connectivity index (χ1) is 7.95. The second kappa shape index (κ2) is 5.65. The summed E-state index contributed by atoms with van der Waals surface area (Å²) in [5.41, 5.74) is 5.93. The monoisotopic (exact) mass is 256 g/mol. The zero-order valence-electron chi connectivity index (χ0n) is 9.49. The summed E-state index contributed by atoms with van der Waals surface area (Å²) < 4.78 is 4.59. The number of esters is 1.